The van der Waals surface area contributed by atoms with Crippen molar-refractivity contribution in [2.24, 2.45) is 23.1 Å². The molecule has 0 heterocycles. The van der Waals surface area contributed by atoms with Gasteiger partial charge in [0.15, 0.2) is 0 Å². The van der Waals surface area contributed by atoms with Crippen LogP contribution in [-0.2, 0) is 0 Å². The van der Waals surface area contributed by atoms with Crippen LogP contribution in [0.15, 0.2) is 0 Å². The fourth-order valence-corrected chi connectivity index (χ4v) is 1.30. The lowest BCUT2D eigenvalue weighted by molar-refractivity contribution is 0.127. The van der Waals surface area contributed by atoms with E-state index in [0.29, 0.717) is 12.5 Å². The zero-order chi connectivity index (χ0) is 6.91. The molecule has 1 rings (SSSR count). The van der Waals surface area contributed by atoms with Crippen LogP contribution < -0.4 is 17.2 Å². The van der Waals surface area contributed by atoms with Gasteiger partial charge in [0, 0.05) is 0 Å². The molecule has 0 bridgehead atoms. The summed E-state index contributed by atoms with van der Waals surface area (Å²) in [7, 11) is 0. The first-order valence-electron chi connectivity index (χ1n) is 3.44. The van der Waals surface area contributed by atoms with Crippen molar-refractivity contribution in [1.82, 2.24) is 0 Å². The lowest BCUT2D eigenvalue weighted by atomic mass is 9.72. The molecule has 0 saturated heterocycles. The third-order valence-electron chi connectivity index (χ3n) is 2.20. The average molecular weight is 129 g/mol. The maximum absolute atomic E-state index is 5.67. The molecule has 0 aromatic carbocycles. The molecule has 1 saturated carbocycles. The molecule has 0 aliphatic heterocycles. The zero-order valence-electron chi connectivity index (χ0n) is 5.64. The van der Waals surface area contributed by atoms with Crippen molar-refractivity contribution in [3.8, 4) is 0 Å². The molecule has 3 heteroatoms. The zero-order valence-corrected chi connectivity index (χ0v) is 5.64. The number of hydrogen-bond acceptors (Lipinski definition) is 3. The third-order valence-corrected chi connectivity index (χ3v) is 2.20. The topological polar surface area (TPSA) is 78.1 Å². The molecule has 0 aromatic rings. The Bertz CT molecular complexity index is 100. The second-order valence-corrected chi connectivity index (χ2v) is 2.93. The fraction of sp³-hybridized carbons (Fsp3) is 1.00. The van der Waals surface area contributed by atoms with Crippen LogP contribution in [0, 0.1) is 5.92 Å². The third kappa shape index (κ3) is 1.23. The van der Waals surface area contributed by atoms with Crippen molar-refractivity contribution in [3.63, 3.8) is 0 Å². The van der Waals surface area contributed by atoms with E-state index in [2.05, 4.69) is 0 Å². The molecule has 6 N–H and O–H groups in total. The van der Waals surface area contributed by atoms with Crippen molar-refractivity contribution >= 4 is 0 Å². The normalized spacial score (nSPS) is 31.7. The molecule has 1 atom stereocenters. The van der Waals surface area contributed by atoms with Crippen molar-refractivity contribution < 1.29 is 0 Å². The summed E-state index contributed by atoms with van der Waals surface area (Å²) in [5.74, 6) is 0.475. The van der Waals surface area contributed by atoms with Gasteiger partial charge in [-0.1, -0.05) is 0 Å². The first-order valence-corrected chi connectivity index (χ1v) is 3.44. The molecule has 1 fully saturated rings. The number of hydrogen-bond donors (Lipinski definition) is 3. The highest BCUT2D eigenvalue weighted by molar-refractivity contribution is 4.95. The standard InChI is InChI=1S/C6H15N3/c7-4-2-5-1-3-6(5,8)9/h5H,1-4,7-9H2. The van der Waals surface area contributed by atoms with Crippen LogP contribution in [0.4, 0.5) is 0 Å². The Morgan fingerprint density at radius 2 is 2.11 bits per heavy atom. The maximum atomic E-state index is 5.67. The van der Waals surface area contributed by atoms with Crippen molar-refractivity contribution in [2.75, 3.05) is 6.54 Å². The van der Waals surface area contributed by atoms with E-state index in [1.54, 1.807) is 0 Å². The van der Waals surface area contributed by atoms with Crippen molar-refractivity contribution in [2.45, 2.75) is 24.9 Å². The smallest absolute Gasteiger partial charge is 0.0666 e. The van der Waals surface area contributed by atoms with Gasteiger partial charge in [0.2, 0.25) is 0 Å². The van der Waals surface area contributed by atoms with Crippen LogP contribution in [0.3, 0.4) is 0 Å². The quantitative estimate of drug-likeness (QED) is 0.434. The Morgan fingerprint density at radius 1 is 1.44 bits per heavy atom. The molecule has 0 radical (unpaired) electrons. The van der Waals surface area contributed by atoms with Gasteiger partial charge in [0.1, 0.15) is 0 Å². The van der Waals surface area contributed by atoms with Crippen molar-refractivity contribution in [1.29, 1.82) is 0 Å². The van der Waals surface area contributed by atoms with Crippen LogP contribution in [0.25, 0.3) is 0 Å². The minimum atomic E-state index is -0.390. The first-order chi connectivity index (χ1) is 4.17. The van der Waals surface area contributed by atoms with E-state index in [0.717, 1.165) is 19.3 Å². The lowest BCUT2D eigenvalue weighted by Gasteiger charge is -2.43. The number of nitrogens with two attached hydrogens (primary N) is 3. The molecule has 0 aromatic heterocycles. The summed E-state index contributed by atoms with van der Waals surface area (Å²) in [6.07, 6.45) is 3.09. The molecule has 54 valence electrons. The molecule has 3 nitrogen and oxygen atoms in total. The Kier molecular flexibility index (Phi) is 1.75. The summed E-state index contributed by atoms with van der Waals surface area (Å²) >= 11 is 0. The summed E-state index contributed by atoms with van der Waals surface area (Å²) < 4.78 is 0. The Labute approximate surface area is 55.6 Å². The minimum Gasteiger partial charge on any atom is -0.330 e. The molecule has 0 spiro atoms. The SMILES string of the molecule is NCCC1CCC1(N)N. The van der Waals surface area contributed by atoms with Gasteiger partial charge < -0.3 is 17.2 Å². The highest BCUT2D eigenvalue weighted by Crippen LogP contribution is 2.33. The van der Waals surface area contributed by atoms with E-state index in [4.69, 9.17) is 17.2 Å². The van der Waals surface area contributed by atoms with Gasteiger partial charge in [0.05, 0.1) is 5.66 Å². The summed E-state index contributed by atoms with van der Waals surface area (Å²) in [6, 6.07) is 0. The first kappa shape index (κ1) is 6.99. The van der Waals surface area contributed by atoms with E-state index in [-0.39, 0.29) is 5.66 Å². The highest BCUT2D eigenvalue weighted by Gasteiger charge is 2.38. The molecular weight excluding hydrogens is 114 g/mol. The molecule has 1 aliphatic carbocycles. The van der Waals surface area contributed by atoms with Crippen LogP contribution >= 0.6 is 0 Å². The Morgan fingerprint density at radius 3 is 2.22 bits per heavy atom. The second kappa shape index (κ2) is 2.25. The predicted molar refractivity (Wildman–Crippen MR) is 37.5 cm³/mol. The van der Waals surface area contributed by atoms with Gasteiger partial charge in [-0.15, -0.1) is 0 Å². The van der Waals surface area contributed by atoms with Gasteiger partial charge in [-0.25, -0.2) is 0 Å². The molecule has 1 unspecified atom stereocenters. The lowest BCUT2D eigenvalue weighted by Crippen LogP contribution is -2.62. The predicted octanol–water partition coefficient (Wildman–Crippen LogP) is -0.641. The van der Waals surface area contributed by atoms with Gasteiger partial charge in [0.25, 0.3) is 0 Å². The molecule has 1 aliphatic rings. The van der Waals surface area contributed by atoms with Crippen LogP contribution in [0.2, 0.25) is 0 Å². The summed E-state index contributed by atoms with van der Waals surface area (Å²) in [4.78, 5) is 0. The molecule has 0 amide bonds. The fourth-order valence-electron chi connectivity index (χ4n) is 1.30. The summed E-state index contributed by atoms with van der Waals surface area (Å²) in [6.45, 7) is 0.709. The summed E-state index contributed by atoms with van der Waals surface area (Å²) in [5.41, 5.74) is 16.3. The highest BCUT2D eigenvalue weighted by atomic mass is 15.0. The molecule has 9 heavy (non-hydrogen) atoms. The van der Waals surface area contributed by atoms with E-state index < -0.39 is 0 Å². The number of rotatable bonds is 2. The average Bonchev–Trinajstić information content (AvgIpc) is 1.81. The minimum absolute atomic E-state index is 0.390. The van der Waals surface area contributed by atoms with Crippen molar-refractivity contribution in [3.05, 3.63) is 0 Å². The largest absolute Gasteiger partial charge is 0.330 e. The van der Waals surface area contributed by atoms with Crippen LogP contribution in [-0.4, -0.2) is 12.2 Å². The van der Waals surface area contributed by atoms with E-state index in [1.807, 2.05) is 0 Å². The van der Waals surface area contributed by atoms with E-state index in [1.165, 1.54) is 0 Å². The maximum Gasteiger partial charge on any atom is 0.0666 e. The van der Waals surface area contributed by atoms with E-state index in [9.17, 15) is 0 Å². The Balaban J connectivity index is 2.28. The monoisotopic (exact) mass is 129 g/mol. The van der Waals surface area contributed by atoms with Gasteiger partial charge in [-0.2, -0.15) is 0 Å². The van der Waals surface area contributed by atoms with Crippen LogP contribution in [0.1, 0.15) is 19.3 Å². The van der Waals surface area contributed by atoms with E-state index >= 15 is 0 Å². The Hall–Kier alpha value is -0.120. The summed E-state index contributed by atoms with van der Waals surface area (Å²) in [5, 5.41) is 0. The van der Waals surface area contributed by atoms with Gasteiger partial charge in [-0.3, -0.25) is 0 Å². The van der Waals surface area contributed by atoms with Gasteiger partial charge >= 0.3 is 0 Å². The van der Waals surface area contributed by atoms with Crippen LogP contribution in [0.5, 0.6) is 0 Å². The molecular formula is C6H15N3. The van der Waals surface area contributed by atoms with Gasteiger partial charge in [-0.05, 0) is 31.7 Å². The second-order valence-electron chi connectivity index (χ2n) is 2.93.